The molecule has 0 spiro atoms. The van der Waals surface area contributed by atoms with Crippen LogP contribution in [-0.4, -0.2) is 60.2 Å². The van der Waals surface area contributed by atoms with Crippen molar-refractivity contribution in [1.29, 1.82) is 0 Å². The first-order valence-electron chi connectivity index (χ1n) is 9.65. The second kappa shape index (κ2) is 7.18. The highest BCUT2D eigenvalue weighted by molar-refractivity contribution is 6.20. The Morgan fingerprint density at radius 2 is 1.68 bits per heavy atom. The van der Waals surface area contributed by atoms with Crippen LogP contribution in [-0.2, 0) is 27.5 Å². The first-order chi connectivity index (χ1) is 14.6. The van der Waals surface area contributed by atoms with E-state index < -0.39 is 35.5 Å². The van der Waals surface area contributed by atoms with Crippen LogP contribution in [0.4, 0.5) is 4.79 Å². The van der Waals surface area contributed by atoms with Crippen molar-refractivity contribution >= 4 is 23.9 Å². The van der Waals surface area contributed by atoms with Crippen LogP contribution in [0.1, 0.15) is 53.1 Å². The normalized spacial score (nSPS) is 18.0. The molecule has 0 saturated heterocycles. The van der Waals surface area contributed by atoms with E-state index in [2.05, 4.69) is 10.2 Å². The van der Waals surface area contributed by atoms with Crippen LogP contribution in [0.15, 0.2) is 24.3 Å². The van der Waals surface area contributed by atoms with Crippen molar-refractivity contribution in [3.05, 3.63) is 47.0 Å². The van der Waals surface area contributed by atoms with Gasteiger partial charge in [-0.25, -0.2) is 9.59 Å². The Labute approximate surface area is 177 Å². The number of hydrogen-bond acceptors (Lipinski definition) is 8. The molecular formula is C20H21N5O6. The van der Waals surface area contributed by atoms with Gasteiger partial charge in [-0.15, -0.1) is 10.2 Å². The Morgan fingerprint density at radius 3 is 2.26 bits per heavy atom. The van der Waals surface area contributed by atoms with Crippen LogP contribution in [0.5, 0.6) is 0 Å². The molecule has 31 heavy (non-hydrogen) atoms. The van der Waals surface area contributed by atoms with Gasteiger partial charge in [0.15, 0.2) is 11.9 Å². The van der Waals surface area contributed by atoms with Gasteiger partial charge < -0.3 is 14.1 Å². The maximum Gasteiger partial charge on any atom is 0.411 e. The van der Waals surface area contributed by atoms with Gasteiger partial charge in [0, 0.05) is 0 Å². The number of amides is 3. The molecule has 1 unspecified atom stereocenters. The number of aromatic nitrogens is 3. The highest BCUT2D eigenvalue weighted by atomic mass is 16.7. The number of ether oxygens (including phenoxy) is 1. The smallest absolute Gasteiger partial charge is 0.411 e. The Hall–Kier alpha value is -3.76. The van der Waals surface area contributed by atoms with E-state index >= 15 is 0 Å². The van der Waals surface area contributed by atoms with E-state index in [-0.39, 0.29) is 24.2 Å². The second-order valence-electron chi connectivity index (χ2n) is 8.26. The van der Waals surface area contributed by atoms with E-state index in [4.69, 9.17) is 9.57 Å². The molecule has 0 fully saturated rings. The summed E-state index contributed by atoms with van der Waals surface area (Å²) in [5.74, 6) is -1.39. The zero-order chi connectivity index (χ0) is 22.5. The maximum absolute atomic E-state index is 13.0. The molecule has 0 saturated carbocycles. The highest BCUT2D eigenvalue weighted by Crippen LogP contribution is 2.26. The van der Waals surface area contributed by atoms with Crippen molar-refractivity contribution in [3.63, 3.8) is 0 Å². The lowest BCUT2D eigenvalue weighted by Gasteiger charge is -2.35. The zero-order valence-corrected chi connectivity index (χ0v) is 17.5. The number of nitrogens with zero attached hydrogens (tertiary/aromatic N) is 5. The first kappa shape index (κ1) is 20.5. The van der Waals surface area contributed by atoms with E-state index in [0.29, 0.717) is 16.7 Å². The fraction of sp³-hybridized carbons (Fsp3) is 0.400. The summed E-state index contributed by atoms with van der Waals surface area (Å²) in [4.78, 5) is 57.3. The number of benzene rings is 1. The monoisotopic (exact) mass is 427 g/mol. The van der Waals surface area contributed by atoms with Crippen molar-refractivity contribution in [2.24, 2.45) is 0 Å². The lowest BCUT2D eigenvalue weighted by molar-refractivity contribution is -0.176. The molecule has 1 aromatic heterocycles. The van der Waals surface area contributed by atoms with Gasteiger partial charge in [-0.2, -0.15) is 0 Å². The standard InChI is InChI=1S/C20H21N5O6/c1-11-21-22-15-10-24(19(29)30-20(2,3)4)14(9-23(11)15)18(28)31-25-16(26)12-7-5-6-8-13(12)17(25)27/h5-8,14H,9-10H2,1-4H3. The van der Waals surface area contributed by atoms with E-state index in [1.165, 1.54) is 12.1 Å². The quantitative estimate of drug-likeness (QED) is 0.660. The number of carbonyl (C=O) groups is 4. The van der Waals surface area contributed by atoms with Gasteiger partial charge in [-0.05, 0) is 39.8 Å². The van der Waals surface area contributed by atoms with Crippen molar-refractivity contribution in [1.82, 2.24) is 24.7 Å². The van der Waals surface area contributed by atoms with Gasteiger partial charge >= 0.3 is 12.1 Å². The van der Waals surface area contributed by atoms with Crippen molar-refractivity contribution in [3.8, 4) is 0 Å². The third-order valence-corrected chi connectivity index (χ3v) is 4.89. The Kier molecular flexibility index (Phi) is 4.75. The molecule has 2 aromatic rings. The van der Waals surface area contributed by atoms with E-state index in [1.807, 2.05) is 0 Å². The molecule has 1 atom stereocenters. The number of hydrogen-bond donors (Lipinski definition) is 0. The Bertz CT molecular complexity index is 1070. The average molecular weight is 427 g/mol. The van der Waals surface area contributed by atoms with Gasteiger partial charge in [-0.1, -0.05) is 17.2 Å². The number of fused-ring (bicyclic) bond motifs is 2. The third kappa shape index (κ3) is 3.62. The lowest BCUT2D eigenvalue weighted by atomic mass is 10.1. The van der Waals surface area contributed by atoms with Crippen molar-refractivity contribution in [2.75, 3.05) is 0 Å². The molecule has 3 amide bonds. The molecule has 3 heterocycles. The van der Waals surface area contributed by atoms with Gasteiger partial charge in [0.25, 0.3) is 11.8 Å². The number of imide groups is 1. The summed E-state index contributed by atoms with van der Waals surface area (Å²) in [6, 6.07) is 5.02. The minimum Gasteiger partial charge on any atom is -0.444 e. The summed E-state index contributed by atoms with van der Waals surface area (Å²) < 4.78 is 7.09. The molecule has 0 radical (unpaired) electrons. The van der Waals surface area contributed by atoms with Crippen molar-refractivity contribution in [2.45, 2.75) is 52.4 Å². The van der Waals surface area contributed by atoms with E-state index in [9.17, 15) is 19.2 Å². The third-order valence-electron chi connectivity index (χ3n) is 4.89. The minimum absolute atomic E-state index is 0.00455. The first-order valence-corrected chi connectivity index (χ1v) is 9.65. The lowest BCUT2D eigenvalue weighted by Crippen LogP contribution is -2.54. The highest BCUT2D eigenvalue weighted by Gasteiger charge is 2.44. The predicted octanol–water partition coefficient (Wildman–Crippen LogP) is 1.46. The number of aryl methyl sites for hydroxylation is 1. The molecule has 0 aliphatic carbocycles. The number of hydroxylamine groups is 2. The molecule has 2 aliphatic heterocycles. The molecule has 2 aliphatic rings. The van der Waals surface area contributed by atoms with E-state index in [0.717, 1.165) is 4.90 Å². The molecule has 0 bridgehead atoms. The topological polar surface area (TPSA) is 124 Å². The molecule has 0 N–H and O–H groups in total. The molecule has 4 rings (SSSR count). The molecule has 162 valence electrons. The number of carbonyl (C=O) groups excluding carboxylic acids is 4. The van der Waals surface area contributed by atoms with Crippen LogP contribution < -0.4 is 0 Å². The van der Waals surface area contributed by atoms with Gasteiger partial charge in [-0.3, -0.25) is 14.5 Å². The fourth-order valence-corrected chi connectivity index (χ4v) is 3.43. The van der Waals surface area contributed by atoms with Crippen LogP contribution in [0.2, 0.25) is 0 Å². The Balaban J connectivity index is 1.60. The molecule has 1 aromatic carbocycles. The van der Waals surface area contributed by atoms with Crippen LogP contribution in [0, 0.1) is 6.92 Å². The van der Waals surface area contributed by atoms with E-state index in [1.54, 1.807) is 44.4 Å². The van der Waals surface area contributed by atoms with Crippen LogP contribution >= 0.6 is 0 Å². The van der Waals surface area contributed by atoms with Gasteiger partial charge in [0.2, 0.25) is 0 Å². The zero-order valence-electron chi connectivity index (χ0n) is 17.5. The summed E-state index contributed by atoms with van der Waals surface area (Å²) >= 11 is 0. The maximum atomic E-state index is 13.0. The largest absolute Gasteiger partial charge is 0.444 e. The second-order valence-corrected chi connectivity index (χ2v) is 8.26. The predicted molar refractivity (Wildman–Crippen MR) is 103 cm³/mol. The molecule has 11 nitrogen and oxygen atoms in total. The van der Waals surface area contributed by atoms with Gasteiger partial charge in [0.05, 0.1) is 24.2 Å². The summed E-state index contributed by atoms with van der Waals surface area (Å²) in [5.41, 5.74) is -0.510. The van der Waals surface area contributed by atoms with Crippen molar-refractivity contribution < 1.29 is 28.8 Å². The number of rotatable bonds is 2. The summed E-state index contributed by atoms with van der Waals surface area (Å²) in [5, 5.41) is 8.43. The summed E-state index contributed by atoms with van der Waals surface area (Å²) in [6.07, 6.45) is -0.747. The summed E-state index contributed by atoms with van der Waals surface area (Å²) in [6.45, 7) is 6.77. The molecule has 11 heteroatoms. The fourth-order valence-electron chi connectivity index (χ4n) is 3.43. The summed E-state index contributed by atoms with van der Waals surface area (Å²) in [7, 11) is 0. The molecular weight excluding hydrogens is 406 g/mol. The minimum atomic E-state index is -1.15. The SMILES string of the molecule is Cc1nnc2n1CC(C(=O)ON1C(=O)c3ccccc3C1=O)N(C(=O)OC(C)(C)C)C2. The Morgan fingerprint density at radius 1 is 1.06 bits per heavy atom. The van der Waals surface area contributed by atoms with Gasteiger partial charge in [0.1, 0.15) is 11.4 Å². The average Bonchev–Trinajstić information content (AvgIpc) is 3.19. The van der Waals surface area contributed by atoms with Crippen LogP contribution in [0.25, 0.3) is 0 Å². The van der Waals surface area contributed by atoms with Crippen LogP contribution in [0.3, 0.4) is 0 Å².